The molecule has 3 aliphatic rings. The Balaban J connectivity index is 0.000000196. The highest BCUT2D eigenvalue weighted by atomic mass is 32.2. The van der Waals surface area contributed by atoms with Gasteiger partial charge in [0.2, 0.25) is 12.3 Å². The van der Waals surface area contributed by atoms with E-state index in [1.54, 1.807) is 31.1 Å². The number of likely N-dealkylation sites (tertiary alicyclic amines) is 1. The highest BCUT2D eigenvalue weighted by molar-refractivity contribution is 7.84. The van der Waals surface area contributed by atoms with Crippen LogP contribution in [0.1, 0.15) is 102 Å². The Morgan fingerprint density at radius 2 is 1.89 bits per heavy atom. The van der Waals surface area contributed by atoms with Gasteiger partial charge in [0.25, 0.3) is 5.91 Å². The molecule has 3 N–H and O–H groups in total. The highest BCUT2D eigenvalue weighted by Gasteiger charge is 2.38. The number of rotatable bonds is 15. The van der Waals surface area contributed by atoms with Crippen molar-refractivity contribution in [2.75, 3.05) is 20.3 Å². The first-order chi connectivity index (χ1) is 25.4. The minimum atomic E-state index is -1.08. The molecule has 3 fully saturated rings. The van der Waals surface area contributed by atoms with Crippen molar-refractivity contribution < 1.29 is 32.5 Å². The third kappa shape index (κ3) is 11.6. The van der Waals surface area contributed by atoms with Crippen molar-refractivity contribution in [2.45, 2.75) is 122 Å². The Morgan fingerprint density at radius 1 is 1.15 bits per heavy atom. The van der Waals surface area contributed by atoms with Gasteiger partial charge in [-0.3, -0.25) is 23.9 Å². The number of allylic oxidation sites excluding steroid dienone is 1. The quantitative estimate of drug-likeness (QED) is 0.103. The van der Waals surface area contributed by atoms with E-state index in [4.69, 9.17) is 13.9 Å². The minimum absolute atomic E-state index is 0.00605. The second kappa shape index (κ2) is 19.7. The van der Waals surface area contributed by atoms with Gasteiger partial charge in [-0.2, -0.15) is 0 Å². The molecule has 2 saturated carbocycles. The third-order valence-corrected chi connectivity index (χ3v) is 10.7. The third-order valence-electron chi connectivity index (χ3n) is 9.27. The fourth-order valence-corrected chi connectivity index (χ4v) is 6.76. The average molecular weight is 754 g/mol. The number of aromatic nitrogens is 2. The topological polar surface area (TPSA) is 173 Å². The number of aryl methyl sites for hydroxylation is 2. The molecule has 0 radical (unpaired) electrons. The number of carbonyl (C=O) groups is 3. The molecule has 6 rings (SSSR count). The van der Waals surface area contributed by atoms with Crippen LogP contribution in [0.4, 0.5) is 0 Å². The average Bonchev–Trinajstić information content (AvgIpc) is 4.07. The maximum atomic E-state index is 12.5. The summed E-state index contributed by atoms with van der Waals surface area (Å²) in [5.41, 5.74) is 2.95. The molecule has 1 aromatic carbocycles. The number of H-pyrrole nitrogens is 1. The van der Waals surface area contributed by atoms with Gasteiger partial charge in [-0.15, -0.1) is 6.58 Å². The monoisotopic (exact) mass is 753 g/mol. The number of pyridine rings is 1. The zero-order valence-corrected chi connectivity index (χ0v) is 32.6. The lowest BCUT2D eigenvalue weighted by molar-refractivity contribution is -0.147. The molecule has 13 nitrogen and oxygen atoms in total. The Morgan fingerprint density at radius 3 is 2.49 bits per heavy atom. The molecule has 2 unspecified atom stereocenters. The molecule has 1 saturated heterocycles. The molecule has 1 aliphatic heterocycles. The van der Waals surface area contributed by atoms with E-state index in [-0.39, 0.29) is 34.5 Å². The summed E-state index contributed by atoms with van der Waals surface area (Å²) in [6.45, 7) is 14.5. The van der Waals surface area contributed by atoms with Gasteiger partial charge in [0.05, 0.1) is 23.6 Å². The van der Waals surface area contributed by atoms with E-state index in [2.05, 4.69) is 26.6 Å². The molecule has 2 aromatic heterocycles. The van der Waals surface area contributed by atoms with Crippen LogP contribution in [0.3, 0.4) is 0 Å². The molecule has 3 amide bonds. The lowest BCUT2D eigenvalue weighted by atomic mass is 10.1. The number of nitrogens with one attached hydrogen (secondary N) is 3. The normalized spacial score (nSPS) is 17.6. The number of aromatic amines is 1. The van der Waals surface area contributed by atoms with E-state index in [0.29, 0.717) is 54.0 Å². The number of nitrogens with zero attached hydrogens (tertiary/aromatic N) is 2. The number of oxazole rings is 1. The number of hydrogen-bond donors (Lipinski definition) is 3. The number of methoxy groups -OCH3 is 1. The van der Waals surface area contributed by atoms with Crippen molar-refractivity contribution in [3.63, 3.8) is 0 Å². The van der Waals surface area contributed by atoms with Crippen LogP contribution in [0.5, 0.6) is 5.75 Å². The largest absolute Gasteiger partial charge is 0.496 e. The van der Waals surface area contributed by atoms with E-state index < -0.39 is 17.1 Å². The zero-order chi connectivity index (χ0) is 38.7. The van der Waals surface area contributed by atoms with Crippen LogP contribution >= 0.6 is 0 Å². The van der Waals surface area contributed by atoms with Crippen LogP contribution in [0.25, 0.3) is 22.3 Å². The van der Waals surface area contributed by atoms with Gasteiger partial charge in [-0.25, -0.2) is 9.19 Å². The smallest absolute Gasteiger partial charge is 0.252 e. The predicted molar refractivity (Wildman–Crippen MR) is 206 cm³/mol. The Bertz CT molecular complexity index is 1810. The molecule has 3 heterocycles. The van der Waals surface area contributed by atoms with Crippen molar-refractivity contribution in [1.29, 1.82) is 0 Å². The Kier molecular flexibility index (Phi) is 15.4. The van der Waals surface area contributed by atoms with Crippen LogP contribution in [0.2, 0.25) is 0 Å². The van der Waals surface area contributed by atoms with Crippen molar-refractivity contribution in [3.05, 3.63) is 58.3 Å². The SMILES string of the molecule is C=CCCCCO[C@H](C)C(=O)N1CCCC1C(=O)NC1CC1.COc1ccc2c(=O)cc(-c3nc(C(C)C)oc3C)[nH]c2c1C.O=CNS(=O)C1CC1. The fraction of sp³-hybridized carbons (Fsp3) is 0.564. The lowest BCUT2D eigenvalue weighted by Gasteiger charge is -2.26. The summed E-state index contributed by atoms with van der Waals surface area (Å²) in [7, 11) is 0.539. The molecule has 14 heteroatoms. The molecular weight excluding hydrogens is 699 g/mol. The van der Waals surface area contributed by atoms with Crippen LogP contribution in [0.15, 0.2) is 40.1 Å². The number of ether oxygens (including phenoxy) is 2. The maximum absolute atomic E-state index is 12.5. The standard InChI is InChI=1S/C18H20N2O3.C17H28N2O3.C4H7NO2S/c1-9(2)18-20-17(11(4)23-18)13-8-14(21)12-6-7-15(22-5)10(3)16(12)19-13;1-3-4-5-6-12-22-13(2)17(21)19-11-7-8-15(19)16(20)18-14-9-10-14;6-3-5-8(7)4-1-2-4/h6-9H,1-5H3,(H,19,21);3,13-15H,1,4-12H2,2H3,(H,18,20);3-4H,1-2H2,(H,5,6)/t;13-,15?;/m.1./s1. The summed E-state index contributed by atoms with van der Waals surface area (Å²) in [4.78, 5) is 56.3. The molecule has 2 aliphatic carbocycles. The van der Waals surface area contributed by atoms with E-state index in [1.165, 1.54) is 0 Å². The Hall–Kier alpha value is -4.30. The number of hydrogen-bond acceptors (Lipinski definition) is 9. The van der Waals surface area contributed by atoms with Crippen molar-refractivity contribution in [2.24, 2.45) is 0 Å². The molecule has 290 valence electrons. The summed E-state index contributed by atoms with van der Waals surface area (Å²) < 4.78 is 29.4. The first-order valence-corrected chi connectivity index (χ1v) is 19.7. The van der Waals surface area contributed by atoms with Gasteiger partial charge < -0.3 is 29.1 Å². The molecule has 3 atom stereocenters. The summed E-state index contributed by atoms with van der Waals surface area (Å²) >= 11 is 0. The van der Waals surface area contributed by atoms with Crippen molar-refractivity contribution in [1.82, 2.24) is 24.9 Å². The van der Waals surface area contributed by atoms with Crippen molar-refractivity contribution >= 4 is 40.1 Å². The van der Waals surface area contributed by atoms with Gasteiger partial charge in [-0.1, -0.05) is 19.9 Å². The second-order valence-electron chi connectivity index (χ2n) is 14.0. The number of carbonyl (C=O) groups excluding carboxylic acids is 3. The van der Waals surface area contributed by atoms with Gasteiger partial charge in [0.1, 0.15) is 40.3 Å². The van der Waals surface area contributed by atoms with Gasteiger partial charge in [-0.05, 0) is 90.7 Å². The molecular formula is C39H55N5O8S. The highest BCUT2D eigenvalue weighted by Crippen LogP contribution is 2.29. The van der Waals surface area contributed by atoms with E-state index in [0.717, 1.165) is 74.6 Å². The first kappa shape index (κ1) is 41.5. The van der Waals surface area contributed by atoms with Crippen LogP contribution < -0.4 is 20.2 Å². The summed E-state index contributed by atoms with van der Waals surface area (Å²) in [5.74, 6) is 2.25. The second-order valence-corrected chi connectivity index (χ2v) is 15.5. The van der Waals surface area contributed by atoms with Gasteiger partial charge in [0, 0.05) is 42.1 Å². The van der Waals surface area contributed by atoms with E-state index in [9.17, 15) is 23.4 Å². The number of amides is 3. The van der Waals surface area contributed by atoms with Crippen LogP contribution in [-0.4, -0.2) is 81.0 Å². The van der Waals surface area contributed by atoms with E-state index in [1.807, 2.05) is 39.8 Å². The van der Waals surface area contributed by atoms with Gasteiger partial charge >= 0.3 is 0 Å². The fourth-order valence-electron chi connectivity index (χ4n) is 5.91. The van der Waals surface area contributed by atoms with E-state index >= 15 is 0 Å². The lowest BCUT2D eigenvalue weighted by Crippen LogP contribution is -2.49. The summed E-state index contributed by atoms with van der Waals surface area (Å²) in [6, 6.07) is 5.19. The number of fused-ring (bicyclic) bond motifs is 1. The van der Waals surface area contributed by atoms with Crippen molar-refractivity contribution in [3.8, 4) is 17.1 Å². The minimum Gasteiger partial charge on any atom is -0.496 e. The summed E-state index contributed by atoms with van der Waals surface area (Å²) in [5, 5.41) is 3.89. The number of unbranched alkanes of at least 4 members (excludes halogenated alkanes) is 2. The van der Waals surface area contributed by atoms with Crippen LogP contribution in [-0.2, 0) is 30.1 Å². The zero-order valence-electron chi connectivity index (χ0n) is 31.8. The molecule has 0 bridgehead atoms. The predicted octanol–water partition coefficient (Wildman–Crippen LogP) is 5.51. The molecule has 0 spiro atoms. The summed E-state index contributed by atoms with van der Waals surface area (Å²) in [6.07, 6.45) is 10.6. The van der Waals surface area contributed by atoms with Gasteiger partial charge in [0.15, 0.2) is 11.3 Å². The number of benzene rings is 1. The van der Waals surface area contributed by atoms with Crippen LogP contribution in [0, 0.1) is 13.8 Å². The first-order valence-electron chi connectivity index (χ1n) is 18.5. The maximum Gasteiger partial charge on any atom is 0.252 e. The Labute approximate surface area is 314 Å². The molecule has 53 heavy (non-hydrogen) atoms. The molecule has 3 aromatic rings.